The van der Waals surface area contributed by atoms with Gasteiger partial charge < -0.3 is 5.32 Å². The Balaban J connectivity index is 2.46. The second kappa shape index (κ2) is 2.83. The molecule has 0 amide bonds. The predicted molar refractivity (Wildman–Crippen MR) is 40.3 cm³/mol. The Hall–Kier alpha value is -0.560. The van der Waals surface area contributed by atoms with Crippen LogP contribution in [0.1, 0.15) is 6.92 Å². The predicted octanol–water partition coefficient (Wildman–Crippen LogP) is 1.34. The number of hydrogen-bond donors (Lipinski definition) is 1. The molecule has 1 heteroatoms. The van der Waals surface area contributed by atoms with Gasteiger partial charge in [0.05, 0.1) is 0 Å². The third-order valence-electron chi connectivity index (χ3n) is 1.82. The summed E-state index contributed by atoms with van der Waals surface area (Å²) in [6.45, 7) is 8.06. The van der Waals surface area contributed by atoms with Crippen molar-refractivity contribution in [1.82, 2.24) is 5.32 Å². The molecule has 1 aliphatic rings. The number of allylic oxidation sites excluding steroid dienone is 2. The van der Waals surface area contributed by atoms with Crippen LogP contribution in [-0.2, 0) is 0 Å². The van der Waals surface area contributed by atoms with E-state index in [1.807, 2.05) is 6.08 Å². The maximum absolute atomic E-state index is 3.74. The highest BCUT2D eigenvalue weighted by atomic mass is 14.9. The summed E-state index contributed by atoms with van der Waals surface area (Å²) in [5.41, 5.74) is 1.38. The molecule has 0 aromatic carbocycles. The summed E-state index contributed by atoms with van der Waals surface area (Å²) in [5.74, 6) is 0.743. The molecule has 1 nitrogen and oxygen atoms in total. The molecule has 0 aromatic rings. The van der Waals surface area contributed by atoms with Crippen molar-refractivity contribution in [3.05, 3.63) is 24.3 Å². The first-order chi connectivity index (χ1) is 4.38. The lowest BCUT2D eigenvalue weighted by Crippen LogP contribution is -2.42. The topological polar surface area (TPSA) is 12.0 Å². The summed E-state index contributed by atoms with van der Waals surface area (Å²) in [5, 5.41) is 3.22. The highest BCUT2D eigenvalue weighted by molar-refractivity contribution is 5.21. The van der Waals surface area contributed by atoms with Gasteiger partial charge in [-0.25, -0.2) is 0 Å². The summed E-state index contributed by atoms with van der Waals surface area (Å²) in [6, 6.07) is 0. The fraction of sp³-hybridized carbons (Fsp3) is 0.500. The van der Waals surface area contributed by atoms with Gasteiger partial charge in [0.1, 0.15) is 0 Å². The maximum atomic E-state index is 3.74. The monoisotopic (exact) mass is 123 g/mol. The SMILES string of the molecule is C=C/C(=C\C)C1CNC1. The molecule has 1 fully saturated rings. The third kappa shape index (κ3) is 1.22. The van der Waals surface area contributed by atoms with E-state index >= 15 is 0 Å². The standard InChI is InChI=1S/C8H13N/c1-3-7(4-2)8-5-9-6-8/h3-4,8-9H,1,5-6H2,2H3/b7-4+. The zero-order chi connectivity index (χ0) is 6.69. The summed E-state index contributed by atoms with van der Waals surface area (Å²) >= 11 is 0. The van der Waals surface area contributed by atoms with E-state index < -0.39 is 0 Å². The lowest BCUT2D eigenvalue weighted by Gasteiger charge is -2.27. The van der Waals surface area contributed by atoms with Crippen molar-refractivity contribution in [3.8, 4) is 0 Å². The van der Waals surface area contributed by atoms with Gasteiger partial charge in [-0.2, -0.15) is 0 Å². The molecule has 1 saturated heterocycles. The molecule has 50 valence electrons. The molecule has 9 heavy (non-hydrogen) atoms. The largest absolute Gasteiger partial charge is 0.315 e. The molecule has 0 bridgehead atoms. The minimum Gasteiger partial charge on any atom is -0.315 e. The van der Waals surface area contributed by atoms with Crippen LogP contribution in [0.2, 0.25) is 0 Å². The minimum atomic E-state index is 0.743. The summed E-state index contributed by atoms with van der Waals surface area (Å²) < 4.78 is 0. The van der Waals surface area contributed by atoms with Gasteiger partial charge >= 0.3 is 0 Å². The van der Waals surface area contributed by atoms with E-state index in [0.29, 0.717) is 0 Å². The first kappa shape index (κ1) is 6.56. The third-order valence-corrected chi connectivity index (χ3v) is 1.82. The quantitative estimate of drug-likeness (QED) is 0.546. The molecule has 1 heterocycles. The second-order valence-electron chi connectivity index (χ2n) is 2.35. The van der Waals surface area contributed by atoms with Crippen LogP contribution in [0.5, 0.6) is 0 Å². The molecular formula is C8H13N. The lowest BCUT2D eigenvalue weighted by atomic mass is 9.93. The number of hydrogen-bond acceptors (Lipinski definition) is 1. The van der Waals surface area contributed by atoms with Crippen LogP contribution >= 0.6 is 0 Å². The van der Waals surface area contributed by atoms with Crippen LogP contribution in [0, 0.1) is 5.92 Å². The van der Waals surface area contributed by atoms with E-state index in [0.717, 1.165) is 19.0 Å². The molecule has 0 unspecified atom stereocenters. The van der Waals surface area contributed by atoms with Crippen molar-refractivity contribution in [2.75, 3.05) is 13.1 Å². The Morgan fingerprint density at radius 2 is 2.33 bits per heavy atom. The van der Waals surface area contributed by atoms with Crippen molar-refractivity contribution in [3.63, 3.8) is 0 Å². The molecule has 0 aromatic heterocycles. The van der Waals surface area contributed by atoms with Gasteiger partial charge in [0, 0.05) is 19.0 Å². The smallest absolute Gasteiger partial charge is 0.00850 e. The van der Waals surface area contributed by atoms with Crippen LogP contribution < -0.4 is 5.32 Å². The van der Waals surface area contributed by atoms with Gasteiger partial charge in [-0.15, -0.1) is 0 Å². The maximum Gasteiger partial charge on any atom is 0.00850 e. The zero-order valence-electron chi connectivity index (χ0n) is 5.85. The fourth-order valence-corrected chi connectivity index (χ4v) is 1.04. The van der Waals surface area contributed by atoms with Crippen molar-refractivity contribution >= 4 is 0 Å². The van der Waals surface area contributed by atoms with Crippen LogP contribution in [0.25, 0.3) is 0 Å². The van der Waals surface area contributed by atoms with Gasteiger partial charge in [0.15, 0.2) is 0 Å². The zero-order valence-corrected chi connectivity index (χ0v) is 5.85. The van der Waals surface area contributed by atoms with Gasteiger partial charge in [-0.1, -0.05) is 18.7 Å². The minimum absolute atomic E-state index is 0.743. The molecule has 0 saturated carbocycles. The Morgan fingerprint density at radius 1 is 1.67 bits per heavy atom. The van der Waals surface area contributed by atoms with E-state index in [4.69, 9.17) is 0 Å². The Labute approximate surface area is 56.5 Å². The van der Waals surface area contributed by atoms with Crippen molar-refractivity contribution in [2.24, 2.45) is 5.92 Å². The van der Waals surface area contributed by atoms with Crippen molar-refractivity contribution in [2.45, 2.75) is 6.92 Å². The van der Waals surface area contributed by atoms with Gasteiger partial charge in [-0.3, -0.25) is 0 Å². The molecular weight excluding hydrogens is 110 g/mol. The molecule has 0 spiro atoms. The molecule has 1 aliphatic heterocycles. The van der Waals surface area contributed by atoms with E-state index in [1.54, 1.807) is 0 Å². The fourth-order valence-electron chi connectivity index (χ4n) is 1.04. The molecule has 0 aliphatic carbocycles. The molecule has 0 atom stereocenters. The van der Waals surface area contributed by atoms with Gasteiger partial charge in [0.2, 0.25) is 0 Å². The van der Waals surface area contributed by atoms with E-state index in [9.17, 15) is 0 Å². The Bertz CT molecular complexity index is 132. The van der Waals surface area contributed by atoms with Crippen LogP contribution in [0.15, 0.2) is 24.3 Å². The van der Waals surface area contributed by atoms with Gasteiger partial charge in [-0.05, 0) is 12.5 Å². The van der Waals surface area contributed by atoms with E-state index in [2.05, 4.69) is 24.9 Å². The summed E-state index contributed by atoms with van der Waals surface area (Å²) in [7, 11) is 0. The van der Waals surface area contributed by atoms with E-state index in [1.165, 1.54) is 5.57 Å². The van der Waals surface area contributed by atoms with Crippen LogP contribution in [0.4, 0.5) is 0 Å². The summed E-state index contributed by atoms with van der Waals surface area (Å²) in [4.78, 5) is 0. The van der Waals surface area contributed by atoms with Crippen molar-refractivity contribution < 1.29 is 0 Å². The number of rotatable bonds is 2. The van der Waals surface area contributed by atoms with Crippen LogP contribution in [-0.4, -0.2) is 13.1 Å². The average Bonchev–Trinajstić information content (AvgIpc) is 1.78. The highest BCUT2D eigenvalue weighted by Gasteiger charge is 2.17. The normalized spacial score (nSPS) is 21.2. The first-order valence-electron chi connectivity index (χ1n) is 3.38. The van der Waals surface area contributed by atoms with Crippen molar-refractivity contribution in [1.29, 1.82) is 0 Å². The summed E-state index contributed by atoms with van der Waals surface area (Å²) in [6.07, 6.45) is 4.09. The molecule has 0 radical (unpaired) electrons. The first-order valence-corrected chi connectivity index (χ1v) is 3.38. The van der Waals surface area contributed by atoms with E-state index in [-0.39, 0.29) is 0 Å². The average molecular weight is 123 g/mol. The van der Waals surface area contributed by atoms with Gasteiger partial charge in [0.25, 0.3) is 0 Å². The Morgan fingerprint density at radius 3 is 2.44 bits per heavy atom. The number of nitrogens with one attached hydrogen (secondary N) is 1. The second-order valence-corrected chi connectivity index (χ2v) is 2.35. The highest BCUT2D eigenvalue weighted by Crippen LogP contribution is 2.15. The van der Waals surface area contributed by atoms with Crippen LogP contribution in [0.3, 0.4) is 0 Å². The lowest BCUT2D eigenvalue weighted by molar-refractivity contribution is 0.405. The Kier molecular flexibility index (Phi) is 2.06. The molecule has 1 rings (SSSR count). The molecule has 1 N–H and O–H groups in total.